The topological polar surface area (TPSA) is 99.3 Å². The molecule has 3 rings (SSSR count). The Morgan fingerprint density at radius 1 is 1.14 bits per heavy atom. The summed E-state index contributed by atoms with van der Waals surface area (Å²) >= 11 is 0. The molecule has 0 aromatic heterocycles. The van der Waals surface area contributed by atoms with Crippen LogP contribution in [0.1, 0.15) is 26.7 Å². The zero-order valence-electron chi connectivity index (χ0n) is 17.6. The number of nitrogens with one attached hydrogen (secondary N) is 1. The van der Waals surface area contributed by atoms with Crippen LogP contribution in [-0.2, 0) is 24.3 Å². The fourth-order valence-electron chi connectivity index (χ4n) is 4.27. The first-order chi connectivity index (χ1) is 13.7. The highest BCUT2D eigenvalue weighted by Gasteiger charge is 2.51. The lowest BCUT2D eigenvalue weighted by molar-refractivity contribution is -0.150. The Hall–Kier alpha value is -1.49. The Kier molecular flexibility index (Phi) is 6.67. The molecule has 0 atom stereocenters. The summed E-state index contributed by atoms with van der Waals surface area (Å²) in [6, 6.07) is 0. The van der Waals surface area contributed by atoms with Crippen LogP contribution in [0.25, 0.3) is 0 Å². The monoisotopic (exact) mass is 428 g/mol. The number of piperidine rings is 1. The van der Waals surface area contributed by atoms with Gasteiger partial charge in [0.05, 0.1) is 11.3 Å². The standard InChI is InChI=1S/C19H32N4O5S/c1-4-29(26,27)23-8-5-19(6-9-23)16(15(2)18(25)28-19)17(24)20-7-10-22-13-11-21(3)12-14-22/h4-14H2,1-3H3,(H,20,24). The van der Waals surface area contributed by atoms with E-state index in [1.807, 2.05) is 0 Å². The van der Waals surface area contributed by atoms with Gasteiger partial charge in [0.25, 0.3) is 5.91 Å². The molecule has 2 fully saturated rings. The summed E-state index contributed by atoms with van der Waals surface area (Å²) in [6.07, 6.45) is 0.604. The Morgan fingerprint density at radius 3 is 2.34 bits per heavy atom. The Labute approximate surface area is 173 Å². The molecule has 164 valence electrons. The largest absolute Gasteiger partial charge is 0.450 e. The van der Waals surface area contributed by atoms with E-state index in [1.165, 1.54) is 4.31 Å². The number of amides is 1. The molecule has 0 saturated carbocycles. The number of piperazine rings is 1. The molecule has 0 radical (unpaired) electrons. The third kappa shape index (κ3) is 4.65. The molecule has 3 aliphatic heterocycles. The summed E-state index contributed by atoms with van der Waals surface area (Å²) < 4.78 is 31.3. The Balaban J connectivity index is 1.62. The normalized spacial score (nSPS) is 24.2. The van der Waals surface area contributed by atoms with Crippen molar-refractivity contribution in [2.24, 2.45) is 0 Å². The molecule has 1 spiro atoms. The maximum Gasteiger partial charge on any atom is 0.335 e. The fourth-order valence-corrected chi connectivity index (χ4v) is 5.38. The fraction of sp³-hybridized carbons (Fsp3) is 0.789. The maximum absolute atomic E-state index is 12.9. The van der Waals surface area contributed by atoms with Crippen molar-refractivity contribution < 1.29 is 22.7 Å². The summed E-state index contributed by atoms with van der Waals surface area (Å²) in [6.45, 7) is 8.95. The minimum atomic E-state index is -3.30. The number of hydrogen-bond donors (Lipinski definition) is 1. The number of carbonyl (C=O) groups excluding carboxylic acids is 2. The van der Waals surface area contributed by atoms with Gasteiger partial charge in [-0.1, -0.05) is 0 Å². The van der Waals surface area contributed by atoms with E-state index < -0.39 is 21.6 Å². The van der Waals surface area contributed by atoms with E-state index in [2.05, 4.69) is 22.2 Å². The predicted molar refractivity (Wildman–Crippen MR) is 109 cm³/mol. The van der Waals surface area contributed by atoms with Crippen LogP contribution in [0.4, 0.5) is 0 Å². The number of likely N-dealkylation sites (N-methyl/N-ethyl adjacent to an activating group) is 1. The highest BCUT2D eigenvalue weighted by Crippen LogP contribution is 2.41. The lowest BCUT2D eigenvalue weighted by Crippen LogP contribution is -2.51. The lowest BCUT2D eigenvalue weighted by Gasteiger charge is -2.38. The summed E-state index contributed by atoms with van der Waals surface area (Å²) in [5.74, 6) is -0.732. The van der Waals surface area contributed by atoms with Crippen LogP contribution in [0, 0.1) is 0 Å². The van der Waals surface area contributed by atoms with Crippen molar-refractivity contribution >= 4 is 21.9 Å². The van der Waals surface area contributed by atoms with Gasteiger partial charge in [-0.15, -0.1) is 0 Å². The van der Waals surface area contributed by atoms with E-state index in [4.69, 9.17) is 4.74 Å². The van der Waals surface area contributed by atoms with Crippen molar-refractivity contribution in [2.45, 2.75) is 32.3 Å². The van der Waals surface area contributed by atoms with Crippen molar-refractivity contribution in [2.75, 3.05) is 65.2 Å². The van der Waals surface area contributed by atoms with E-state index in [0.717, 1.165) is 32.7 Å². The van der Waals surface area contributed by atoms with Gasteiger partial charge in [0.2, 0.25) is 10.0 Å². The van der Waals surface area contributed by atoms with Crippen LogP contribution in [0.2, 0.25) is 0 Å². The van der Waals surface area contributed by atoms with Gasteiger partial charge in [0.15, 0.2) is 0 Å². The zero-order chi connectivity index (χ0) is 21.2. The molecule has 0 aromatic carbocycles. The van der Waals surface area contributed by atoms with E-state index >= 15 is 0 Å². The van der Waals surface area contributed by atoms with Crippen molar-refractivity contribution in [3.05, 3.63) is 11.1 Å². The zero-order valence-corrected chi connectivity index (χ0v) is 18.4. The van der Waals surface area contributed by atoms with Crippen LogP contribution in [0.15, 0.2) is 11.1 Å². The second kappa shape index (κ2) is 8.71. The number of carbonyl (C=O) groups is 2. The molecule has 0 unspecified atom stereocenters. The number of rotatable bonds is 6. The Bertz CT molecular complexity index is 778. The second-order valence-corrected chi connectivity index (χ2v) is 10.3. The molecule has 2 saturated heterocycles. The molecule has 1 amide bonds. The lowest BCUT2D eigenvalue weighted by atomic mass is 9.83. The van der Waals surface area contributed by atoms with E-state index in [9.17, 15) is 18.0 Å². The van der Waals surface area contributed by atoms with Crippen LogP contribution >= 0.6 is 0 Å². The van der Waals surface area contributed by atoms with Crippen molar-refractivity contribution in [3.63, 3.8) is 0 Å². The van der Waals surface area contributed by atoms with E-state index in [-0.39, 0.29) is 24.7 Å². The molecule has 0 aliphatic carbocycles. The minimum Gasteiger partial charge on any atom is -0.450 e. The summed E-state index contributed by atoms with van der Waals surface area (Å²) in [5, 5.41) is 2.94. The molecule has 3 aliphatic rings. The smallest absolute Gasteiger partial charge is 0.335 e. The summed E-state index contributed by atoms with van der Waals surface area (Å²) in [7, 11) is -1.20. The Morgan fingerprint density at radius 2 is 1.76 bits per heavy atom. The molecule has 10 heteroatoms. The van der Waals surface area contributed by atoms with Gasteiger partial charge in [0, 0.05) is 70.8 Å². The maximum atomic E-state index is 12.9. The average Bonchev–Trinajstić information content (AvgIpc) is 2.93. The van der Waals surface area contributed by atoms with Crippen LogP contribution in [0.5, 0.6) is 0 Å². The number of sulfonamides is 1. The highest BCUT2D eigenvalue weighted by molar-refractivity contribution is 7.89. The number of nitrogens with zero attached hydrogens (tertiary/aromatic N) is 3. The minimum absolute atomic E-state index is 0.0360. The summed E-state index contributed by atoms with van der Waals surface area (Å²) in [5.41, 5.74) is -0.318. The molecule has 0 aromatic rings. The van der Waals surface area contributed by atoms with Gasteiger partial charge in [-0.05, 0) is 20.9 Å². The molecule has 9 nitrogen and oxygen atoms in total. The van der Waals surface area contributed by atoms with Gasteiger partial charge >= 0.3 is 5.97 Å². The van der Waals surface area contributed by atoms with Gasteiger partial charge in [-0.3, -0.25) is 9.69 Å². The number of ether oxygens (including phenoxy) is 1. The van der Waals surface area contributed by atoms with Crippen molar-refractivity contribution in [1.82, 2.24) is 19.4 Å². The average molecular weight is 429 g/mol. The van der Waals surface area contributed by atoms with Crippen LogP contribution in [0.3, 0.4) is 0 Å². The molecule has 0 bridgehead atoms. The quantitative estimate of drug-likeness (QED) is 0.565. The molecule has 3 heterocycles. The molecule has 1 N–H and O–H groups in total. The number of esters is 1. The van der Waals surface area contributed by atoms with Crippen molar-refractivity contribution in [3.8, 4) is 0 Å². The van der Waals surface area contributed by atoms with Crippen molar-refractivity contribution in [1.29, 1.82) is 0 Å². The molecular weight excluding hydrogens is 396 g/mol. The third-order valence-corrected chi connectivity index (χ3v) is 8.13. The first-order valence-corrected chi connectivity index (χ1v) is 11.9. The van der Waals surface area contributed by atoms with E-state index in [1.54, 1.807) is 13.8 Å². The van der Waals surface area contributed by atoms with Gasteiger partial charge < -0.3 is 15.0 Å². The van der Waals surface area contributed by atoms with E-state index in [0.29, 0.717) is 30.5 Å². The highest BCUT2D eigenvalue weighted by atomic mass is 32.2. The summed E-state index contributed by atoms with van der Waals surface area (Å²) in [4.78, 5) is 29.8. The number of hydrogen-bond acceptors (Lipinski definition) is 7. The first-order valence-electron chi connectivity index (χ1n) is 10.3. The SMILES string of the molecule is CCS(=O)(=O)N1CCC2(CC1)OC(=O)C(C)=C2C(=O)NCCN1CCN(C)CC1. The second-order valence-electron chi connectivity index (χ2n) is 8.08. The van der Waals surface area contributed by atoms with Crippen LogP contribution in [-0.4, -0.2) is 105 Å². The third-order valence-electron chi connectivity index (χ3n) is 6.25. The molecule has 29 heavy (non-hydrogen) atoms. The first kappa shape index (κ1) is 22.2. The predicted octanol–water partition coefficient (Wildman–Crippen LogP) is -0.592. The van der Waals surface area contributed by atoms with Crippen LogP contribution < -0.4 is 5.32 Å². The van der Waals surface area contributed by atoms with Gasteiger partial charge in [-0.25, -0.2) is 17.5 Å². The van der Waals surface area contributed by atoms with Gasteiger partial charge in [0.1, 0.15) is 5.60 Å². The van der Waals surface area contributed by atoms with Gasteiger partial charge in [-0.2, -0.15) is 0 Å². The molecular formula is C19H32N4O5S.